The zero-order valence-corrected chi connectivity index (χ0v) is 7.77. The summed E-state index contributed by atoms with van der Waals surface area (Å²) in [5.41, 5.74) is -0.121. The van der Waals surface area contributed by atoms with E-state index in [0.717, 1.165) is 6.42 Å². The second-order valence-electron chi connectivity index (χ2n) is 4.38. The van der Waals surface area contributed by atoms with E-state index in [2.05, 4.69) is 19.2 Å². The fourth-order valence-corrected chi connectivity index (χ4v) is 1.43. The van der Waals surface area contributed by atoms with Gasteiger partial charge in [-0.15, -0.1) is 0 Å². The minimum absolute atomic E-state index is 0.121. The standard InChI is InChI=1S/C9H17NO/c1-6(2)5-7-9(3,4)8(11)10-7/h6-7H,5H2,1-4H3,(H,10,11). The van der Waals surface area contributed by atoms with Gasteiger partial charge in [-0.3, -0.25) is 4.79 Å². The quantitative estimate of drug-likeness (QED) is 0.602. The summed E-state index contributed by atoms with van der Waals surface area (Å²) >= 11 is 0. The number of nitrogens with one attached hydrogen (secondary N) is 1. The van der Waals surface area contributed by atoms with Crippen LogP contribution in [0.25, 0.3) is 0 Å². The molecule has 0 saturated carbocycles. The molecule has 0 radical (unpaired) electrons. The van der Waals surface area contributed by atoms with Crippen LogP contribution in [0.4, 0.5) is 0 Å². The van der Waals surface area contributed by atoms with Crippen LogP contribution in [0.15, 0.2) is 0 Å². The Morgan fingerprint density at radius 1 is 1.55 bits per heavy atom. The molecule has 1 fully saturated rings. The number of rotatable bonds is 2. The highest BCUT2D eigenvalue weighted by atomic mass is 16.2. The molecule has 1 rings (SSSR count). The van der Waals surface area contributed by atoms with Crippen LogP contribution in [-0.4, -0.2) is 11.9 Å². The van der Waals surface area contributed by atoms with E-state index >= 15 is 0 Å². The zero-order chi connectivity index (χ0) is 8.65. The fraction of sp³-hybridized carbons (Fsp3) is 0.889. The van der Waals surface area contributed by atoms with E-state index in [0.29, 0.717) is 12.0 Å². The Morgan fingerprint density at radius 2 is 2.09 bits per heavy atom. The van der Waals surface area contributed by atoms with Crippen LogP contribution in [0, 0.1) is 11.3 Å². The topological polar surface area (TPSA) is 29.1 Å². The average Bonchev–Trinajstić information content (AvgIpc) is 1.87. The molecule has 1 N–H and O–H groups in total. The molecule has 1 amide bonds. The monoisotopic (exact) mass is 155 g/mol. The Kier molecular flexibility index (Phi) is 1.95. The molecular weight excluding hydrogens is 138 g/mol. The lowest BCUT2D eigenvalue weighted by Gasteiger charge is -2.44. The third kappa shape index (κ3) is 1.39. The number of carbonyl (C=O) groups excluding carboxylic acids is 1. The van der Waals surface area contributed by atoms with Crippen molar-refractivity contribution in [2.24, 2.45) is 11.3 Å². The summed E-state index contributed by atoms with van der Waals surface area (Å²) in [7, 11) is 0. The maximum atomic E-state index is 11.0. The second-order valence-corrected chi connectivity index (χ2v) is 4.38. The van der Waals surface area contributed by atoms with Gasteiger partial charge in [0.2, 0.25) is 5.91 Å². The molecule has 0 bridgehead atoms. The smallest absolute Gasteiger partial charge is 0.227 e. The number of carbonyl (C=O) groups is 1. The van der Waals surface area contributed by atoms with E-state index in [9.17, 15) is 4.79 Å². The van der Waals surface area contributed by atoms with Crippen molar-refractivity contribution in [3.63, 3.8) is 0 Å². The van der Waals surface area contributed by atoms with Gasteiger partial charge in [-0.1, -0.05) is 13.8 Å². The Morgan fingerprint density at radius 3 is 2.36 bits per heavy atom. The molecule has 0 aromatic rings. The first kappa shape index (κ1) is 8.57. The van der Waals surface area contributed by atoms with Gasteiger partial charge in [0, 0.05) is 6.04 Å². The molecule has 0 aromatic heterocycles. The summed E-state index contributed by atoms with van der Waals surface area (Å²) in [5, 5.41) is 2.93. The van der Waals surface area contributed by atoms with Crippen molar-refractivity contribution < 1.29 is 4.79 Å². The summed E-state index contributed by atoms with van der Waals surface area (Å²) < 4.78 is 0. The second kappa shape index (κ2) is 2.50. The van der Waals surface area contributed by atoms with Gasteiger partial charge in [-0.05, 0) is 26.2 Å². The molecule has 0 aromatic carbocycles. The Balaban J connectivity index is 2.46. The summed E-state index contributed by atoms with van der Waals surface area (Å²) in [6, 6.07) is 0.398. The van der Waals surface area contributed by atoms with Crippen LogP contribution in [0.3, 0.4) is 0 Å². The molecule has 64 valence electrons. The first-order valence-electron chi connectivity index (χ1n) is 4.25. The molecule has 1 saturated heterocycles. The molecule has 1 aliphatic heterocycles. The molecule has 1 unspecified atom stereocenters. The normalized spacial score (nSPS) is 28.1. The molecular formula is C9H17NO. The summed E-state index contributed by atoms with van der Waals surface area (Å²) in [5.74, 6) is 0.864. The van der Waals surface area contributed by atoms with E-state index in [1.54, 1.807) is 0 Å². The van der Waals surface area contributed by atoms with Crippen LogP contribution < -0.4 is 5.32 Å². The van der Waals surface area contributed by atoms with Crippen LogP contribution in [0.2, 0.25) is 0 Å². The summed E-state index contributed by atoms with van der Waals surface area (Å²) in [4.78, 5) is 11.0. The van der Waals surface area contributed by atoms with E-state index in [-0.39, 0.29) is 11.3 Å². The molecule has 1 aliphatic rings. The summed E-state index contributed by atoms with van der Waals surface area (Å²) in [6.45, 7) is 8.39. The molecule has 11 heavy (non-hydrogen) atoms. The molecule has 0 aliphatic carbocycles. The highest BCUT2D eigenvalue weighted by Crippen LogP contribution is 2.33. The SMILES string of the molecule is CC(C)CC1NC(=O)C1(C)C. The van der Waals surface area contributed by atoms with Crippen LogP contribution >= 0.6 is 0 Å². The van der Waals surface area contributed by atoms with Gasteiger partial charge in [0.15, 0.2) is 0 Å². The van der Waals surface area contributed by atoms with Gasteiger partial charge in [-0.2, -0.15) is 0 Å². The molecule has 2 nitrogen and oxygen atoms in total. The lowest BCUT2D eigenvalue weighted by Crippen LogP contribution is -2.64. The van der Waals surface area contributed by atoms with E-state index in [4.69, 9.17) is 0 Å². The maximum absolute atomic E-state index is 11.0. The number of amides is 1. The van der Waals surface area contributed by atoms with E-state index in [1.807, 2.05) is 13.8 Å². The highest BCUT2D eigenvalue weighted by molar-refractivity contribution is 5.89. The zero-order valence-electron chi connectivity index (χ0n) is 7.77. The number of hydrogen-bond donors (Lipinski definition) is 1. The largest absolute Gasteiger partial charge is 0.352 e. The minimum Gasteiger partial charge on any atom is -0.352 e. The predicted octanol–water partition coefficient (Wildman–Crippen LogP) is 1.56. The molecule has 1 atom stereocenters. The van der Waals surface area contributed by atoms with Crippen LogP contribution in [-0.2, 0) is 4.79 Å². The fourth-order valence-electron chi connectivity index (χ4n) is 1.43. The van der Waals surface area contributed by atoms with Gasteiger partial charge in [-0.25, -0.2) is 0 Å². The van der Waals surface area contributed by atoms with Crippen LogP contribution in [0.5, 0.6) is 0 Å². The predicted molar refractivity (Wildman–Crippen MR) is 45.2 cm³/mol. The van der Waals surface area contributed by atoms with Crippen molar-refractivity contribution in [2.75, 3.05) is 0 Å². The lowest BCUT2D eigenvalue weighted by atomic mass is 9.73. The van der Waals surface area contributed by atoms with Gasteiger partial charge < -0.3 is 5.32 Å². The third-order valence-corrected chi connectivity index (χ3v) is 2.47. The lowest BCUT2D eigenvalue weighted by molar-refractivity contribution is -0.143. The van der Waals surface area contributed by atoms with Crippen molar-refractivity contribution >= 4 is 5.91 Å². The first-order chi connectivity index (χ1) is 4.94. The van der Waals surface area contributed by atoms with Crippen molar-refractivity contribution in [1.82, 2.24) is 5.32 Å². The molecule has 2 heteroatoms. The Hall–Kier alpha value is -0.530. The highest BCUT2D eigenvalue weighted by Gasteiger charge is 2.46. The van der Waals surface area contributed by atoms with Gasteiger partial charge in [0.1, 0.15) is 0 Å². The first-order valence-corrected chi connectivity index (χ1v) is 4.25. The van der Waals surface area contributed by atoms with Crippen molar-refractivity contribution in [2.45, 2.75) is 40.2 Å². The van der Waals surface area contributed by atoms with E-state index in [1.165, 1.54) is 0 Å². The number of β-lactam (4-membered cyclic amide) rings is 1. The van der Waals surface area contributed by atoms with Crippen molar-refractivity contribution in [1.29, 1.82) is 0 Å². The van der Waals surface area contributed by atoms with Gasteiger partial charge in [0.05, 0.1) is 5.41 Å². The maximum Gasteiger partial charge on any atom is 0.227 e. The molecule has 1 heterocycles. The molecule has 0 spiro atoms. The third-order valence-electron chi connectivity index (χ3n) is 2.47. The average molecular weight is 155 g/mol. The Bertz CT molecular complexity index is 172. The minimum atomic E-state index is -0.121. The van der Waals surface area contributed by atoms with E-state index < -0.39 is 0 Å². The van der Waals surface area contributed by atoms with Gasteiger partial charge >= 0.3 is 0 Å². The Labute approximate surface area is 68.4 Å². The summed E-state index contributed by atoms with van der Waals surface area (Å²) in [6.07, 6.45) is 1.10. The van der Waals surface area contributed by atoms with Crippen molar-refractivity contribution in [3.05, 3.63) is 0 Å². The van der Waals surface area contributed by atoms with Crippen LogP contribution in [0.1, 0.15) is 34.1 Å². The van der Waals surface area contributed by atoms with Crippen molar-refractivity contribution in [3.8, 4) is 0 Å². The van der Waals surface area contributed by atoms with Gasteiger partial charge in [0.25, 0.3) is 0 Å². The number of hydrogen-bond acceptors (Lipinski definition) is 1.